The molecule has 35 heavy (non-hydrogen) atoms. The van der Waals surface area contributed by atoms with Crippen LogP contribution in [0.2, 0.25) is 5.02 Å². The first-order valence-corrected chi connectivity index (χ1v) is 11.7. The monoisotopic (exact) mass is 487 g/mol. The van der Waals surface area contributed by atoms with Crippen LogP contribution in [0.15, 0.2) is 77.4 Å². The van der Waals surface area contributed by atoms with Gasteiger partial charge in [0.1, 0.15) is 5.76 Å². The zero-order valence-corrected chi connectivity index (χ0v) is 20.3. The van der Waals surface area contributed by atoms with Crippen LogP contribution in [0, 0.1) is 6.92 Å². The van der Waals surface area contributed by atoms with E-state index in [9.17, 15) is 9.59 Å². The van der Waals surface area contributed by atoms with Crippen LogP contribution in [0.3, 0.4) is 0 Å². The molecule has 4 rings (SSSR count). The molecule has 7 heteroatoms. The molecule has 2 unspecified atom stereocenters. The highest BCUT2D eigenvalue weighted by Crippen LogP contribution is 2.28. The van der Waals surface area contributed by atoms with Crippen molar-refractivity contribution in [3.05, 3.63) is 106 Å². The summed E-state index contributed by atoms with van der Waals surface area (Å²) < 4.78 is 5.36. The standard InChI is InChI=1S/C28H26ClN3O3/c1-17(30)16-32-27(23-13-14-31-24-15-21(29)9-10-22(23)24)28(34)20-7-4-19(5-8-20)6-11-25(33)26-12-3-18(2)35-26/h3-15,17,27,32H,16,30H2,1-2H3/b11-6+. The summed E-state index contributed by atoms with van der Waals surface area (Å²) in [4.78, 5) is 30.2. The summed E-state index contributed by atoms with van der Waals surface area (Å²) in [5.41, 5.74) is 8.82. The normalized spacial score (nSPS) is 13.3. The number of pyridine rings is 1. The Morgan fingerprint density at radius 1 is 1.11 bits per heavy atom. The van der Waals surface area contributed by atoms with E-state index < -0.39 is 6.04 Å². The highest BCUT2D eigenvalue weighted by Gasteiger charge is 2.24. The van der Waals surface area contributed by atoms with Gasteiger partial charge in [0.15, 0.2) is 11.5 Å². The summed E-state index contributed by atoms with van der Waals surface area (Å²) >= 11 is 6.14. The maximum absolute atomic E-state index is 13.6. The van der Waals surface area contributed by atoms with Crippen LogP contribution >= 0.6 is 11.6 Å². The number of Topliss-reactive ketones (excluding diaryl/α,β-unsaturated/α-hetero) is 1. The third-order valence-corrected chi connectivity index (χ3v) is 5.80. The summed E-state index contributed by atoms with van der Waals surface area (Å²) in [6.07, 6.45) is 4.82. The maximum Gasteiger partial charge on any atom is 0.221 e. The molecule has 0 bridgehead atoms. The van der Waals surface area contributed by atoms with Crippen LogP contribution in [-0.4, -0.2) is 29.1 Å². The van der Waals surface area contributed by atoms with E-state index in [4.69, 9.17) is 21.8 Å². The van der Waals surface area contributed by atoms with E-state index in [0.717, 1.165) is 16.5 Å². The van der Waals surface area contributed by atoms with Gasteiger partial charge in [-0.3, -0.25) is 14.6 Å². The van der Waals surface area contributed by atoms with Gasteiger partial charge in [-0.2, -0.15) is 0 Å². The summed E-state index contributed by atoms with van der Waals surface area (Å²) in [6, 6.07) is 17.0. The molecule has 0 aliphatic carbocycles. The van der Waals surface area contributed by atoms with Gasteiger partial charge in [-0.25, -0.2) is 0 Å². The van der Waals surface area contributed by atoms with Crippen LogP contribution in [0.25, 0.3) is 17.0 Å². The summed E-state index contributed by atoms with van der Waals surface area (Å²) in [7, 11) is 0. The first-order valence-electron chi connectivity index (χ1n) is 11.3. The van der Waals surface area contributed by atoms with Crippen LogP contribution in [0.4, 0.5) is 0 Å². The predicted molar refractivity (Wildman–Crippen MR) is 139 cm³/mol. The molecule has 0 amide bonds. The summed E-state index contributed by atoms with van der Waals surface area (Å²) in [6.45, 7) is 4.13. The molecule has 0 aliphatic rings. The zero-order chi connectivity index (χ0) is 24.9. The number of nitrogens with two attached hydrogens (primary N) is 1. The molecule has 4 aromatic rings. The Kier molecular flexibility index (Phi) is 7.56. The van der Waals surface area contributed by atoms with E-state index in [2.05, 4.69) is 10.3 Å². The predicted octanol–water partition coefficient (Wildman–Crippen LogP) is 5.55. The molecule has 0 saturated carbocycles. The number of ketones is 2. The van der Waals surface area contributed by atoms with Gasteiger partial charge in [-0.15, -0.1) is 0 Å². The third-order valence-electron chi connectivity index (χ3n) is 5.56. The van der Waals surface area contributed by atoms with Crippen molar-refractivity contribution in [2.45, 2.75) is 25.9 Å². The first kappa shape index (κ1) is 24.5. The number of carbonyl (C=O) groups is 2. The van der Waals surface area contributed by atoms with Crippen molar-refractivity contribution in [3.8, 4) is 0 Å². The molecule has 3 N–H and O–H groups in total. The molecular weight excluding hydrogens is 462 g/mol. The average molecular weight is 488 g/mol. The van der Waals surface area contributed by atoms with E-state index in [1.54, 1.807) is 67.7 Å². The SMILES string of the molecule is Cc1ccc(C(=O)/C=C/c2ccc(C(=O)C(NCC(C)N)c3ccnc4cc(Cl)ccc34)cc2)o1. The second-order valence-electron chi connectivity index (χ2n) is 8.47. The molecule has 2 atom stereocenters. The van der Waals surface area contributed by atoms with E-state index in [-0.39, 0.29) is 17.6 Å². The fraction of sp³-hybridized carbons (Fsp3) is 0.179. The summed E-state index contributed by atoms with van der Waals surface area (Å²) in [5.74, 6) is 0.662. The minimum atomic E-state index is -0.613. The lowest BCUT2D eigenvalue weighted by Gasteiger charge is -2.21. The van der Waals surface area contributed by atoms with E-state index in [1.165, 1.54) is 6.08 Å². The van der Waals surface area contributed by atoms with E-state index in [0.29, 0.717) is 34.2 Å². The lowest BCUT2D eigenvalue weighted by atomic mass is 9.94. The van der Waals surface area contributed by atoms with Crippen molar-refractivity contribution in [2.24, 2.45) is 5.73 Å². The minimum absolute atomic E-state index is 0.0919. The van der Waals surface area contributed by atoms with Crippen LogP contribution in [0.5, 0.6) is 0 Å². The lowest BCUT2D eigenvalue weighted by Crippen LogP contribution is -2.37. The van der Waals surface area contributed by atoms with Crippen molar-refractivity contribution < 1.29 is 14.0 Å². The van der Waals surface area contributed by atoms with Crippen molar-refractivity contribution in [1.29, 1.82) is 0 Å². The smallest absolute Gasteiger partial charge is 0.221 e. The first-order chi connectivity index (χ1) is 16.8. The second kappa shape index (κ2) is 10.8. The average Bonchev–Trinajstić information content (AvgIpc) is 3.29. The van der Waals surface area contributed by atoms with Gasteiger partial charge in [0.2, 0.25) is 5.78 Å². The minimum Gasteiger partial charge on any atom is -0.458 e. The van der Waals surface area contributed by atoms with Gasteiger partial charge >= 0.3 is 0 Å². The van der Waals surface area contributed by atoms with E-state index in [1.807, 2.05) is 19.1 Å². The molecule has 0 saturated heterocycles. The Morgan fingerprint density at radius 2 is 1.89 bits per heavy atom. The highest BCUT2D eigenvalue weighted by molar-refractivity contribution is 6.31. The zero-order valence-electron chi connectivity index (χ0n) is 19.5. The maximum atomic E-state index is 13.6. The third kappa shape index (κ3) is 5.92. The molecular formula is C28H26ClN3O3. The Morgan fingerprint density at radius 3 is 2.57 bits per heavy atom. The topological polar surface area (TPSA) is 98.2 Å². The van der Waals surface area contributed by atoms with Crippen LogP contribution in [-0.2, 0) is 0 Å². The Balaban J connectivity index is 1.59. The largest absolute Gasteiger partial charge is 0.458 e. The number of allylic oxidation sites excluding steroid dienone is 1. The van der Waals surface area contributed by atoms with Crippen molar-refractivity contribution in [2.75, 3.05) is 6.54 Å². The molecule has 0 aliphatic heterocycles. The molecule has 2 aromatic carbocycles. The van der Waals surface area contributed by atoms with Gasteiger partial charge in [-0.1, -0.05) is 48.0 Å². The lowest BCUT2D eigenvalue weighted by molar-refractivity contribution is 0.0942. The Hall–Kier alpha value is -3.58. The van der Waals surface area contributed by atoms with Crippen LogP contribution in [0.1, 0.15) is 50.8 Å². The fourth-order valence-corrected chi connectivity index (χ4v) is 3.96. The van der Waals surface area contributed by atoms with E-state index >= 15 is 0 Å². The fourth-order valence-electron chi connectivity index (χ4n) is 3.79. The number of nitrogens with zero attached hydrogens (tertiary/aromatic N) is 1. The number of hydrogen-bond donors (Lipinski definition) is 2. The number of carbonyl (C=O) groups excluding carboxylic acids is 2. The number of hydrogen-bond acceptors (Lipinski definition) is 6. The van der Waals surface area contributed by atoms with Gasteiger partial charge < -0.3 is 15.5 Å². The summed E-state index contributed by atoms with van der Waals surface area (Å²) in [5, 5.41) is 4.74. The quantitative estimate of drug-likeness (QED) is 0.237. The number of aromatic nitrogens is 1. The Bertz CT molecular complexity index is 1390. The van der Waals surface area contributed by atoms with Crippen LogP contribution < -0.4 is 11.1 Å². The molecule has 2 aromatic heterocycles. The number of halogens is 1. The van der Waals surface area contributed by atoms with Crippen molar-refractivity contribution in [1.82, 2.24) is 10.3 Å². The molecule has 0 fully saturated rings. The number of aryl methyl sites for hydroxylation is 1. The van der Waals surface area contributed by atoms with Crippen molar-refractivity contribution >= 4 is 40.1 Å². The number of rotatable bonds is 9. The molecule has 0 spiro atoms. The number of furan rings is 1. The van der Waals surface area contributed by atoms with Gasteiger partial charge in [0, 0.05) is 34.8 Å². The molecule has 178 valence electrons. The molecule has 2 heterocycles. The highest BCUT2D eigenvalue weighted by atomic mass is 35.5. The number of nitrogens with one attached hydrogen (secondary N) is 1. The molecule has 6 nitrogen and oxygen atoms in total. The number of fused-ring (bicyclic) bond motifs is 1. The van der Waals surface area contributed by atoms with Crippen molar-refractivity contribution in [3.63, 3.8) is 0 Å². The van der Waals surface area contributed by atoms with Gasteiger partial charge in [0.05, 0.1) is 11.6 Å². The second-order valence-corrected chi connectivity index (χ2v) is 8.91. The number of benzene rings is 2. The van der Waals surface area contributed by atoms with Gasteiger partial charge in [0.25, 0.3) is 0 Å². The Labute approximate surface area is 208 Å². The molecule has 0 radical (unpaired) electrons. The van der Waals surface area contributed by atoms with Gasteiger partial charge in [-0.05, 0) is 61.4 Å².